The lowest BCUT2D eigenvalue weighted by atomic mass is 10.0. The van der Waals surface area contributed by atoms with Gasteiger partial charge in [-0.25, -0.2) is 4.79 Å². The maximum absolute atomic E-state index is 12.8. The standard InChI is InChI=1S/C25H24N2O4/c1-2-5-16-12-25(29)31-23-13-17(8-9-18(16)23)30-15-24(28)27-11-10-22-20(14-27)19-6-3-4-7-21(19)26-22/h3-4,6-9,12-13,26H,2,5,10-11,14-15H2,1H3. The van der Waals surface area contributed by atoms with Crippen LogP contribution >= 0.6 is 0 Å². The second-order valence-corrected chi connectivity index (χ2v) is 7.98. The van der Waals surface area contributed by atoms with E-state index in [4.69, 9.17) is 9.15 Å². The highest BCUT2D eigenvalue weighted by molar-refractivity contribution is 5.86. The number of benzene rings is 2. The molecule has 0 saturated carbocycles. The molecule has 0 unspecified atom stereocenters. The lowest BCUT2D eigenvalue weighted by Gasteiger charge is -2.27. The second kappa shape index (κ2) is 7.95. The molecule has 1 aliphatic heterocycles. The molecule has 0 radical (unpaired) electrons. The first kappa shape index (κ1) is 19.4. The van der Waals surface area contributed by atoms with Crippen molar-refractivity contribution in [2.45, 2.75) is 32.7 Å². The van der Waals surface area contributed by atoms with E-state index in [1.807, 2.05) is 29.2 Å². The van der Waals surface area contributed by atoms with Crippen molar-refractivity contribution in [3.05, 3.63) is 75.8 Å². The predicted octanol–water partition coefficient (Wildman–Crippen LogP) is 4.19. The van der Waals surface area contributed by atoms with Gasteiger partial charge in [-0.1, -0.05) is 31.5 Å². The Labute approximate surface area is 179 Å². The van der Waals surface area contributed by atoms with Crippen molar-refractivity contribution in [1.29, 1.82) is 0 Å². The number of ether oxygens (including phenoxy) is 1. The molecular weight excluding hydrogens is 392 g/mol. The van der Waals surface area contributed by atoms with Crippen LogP contribution in [0.15, 0.2) is 57.7 Å². The Balaban J connectivity index is 1.30. The summed E-state index contributed by atoms with van der Waals surface area (Å²) in [5, 5.41) is 2.08. The molecule has 1 N–H and O–H groups in total. The van der Waals surface area contributed by atoms with Crippen LogP contribution in [0.5, 0.6) is 5.75 Å². The van der Waals surface area contributed by atoms with Crippen LogP contribution in [-0.4, -0.2) is 28.9 Å². The van der Waals surface area contributed by atoms with Crippen molar-refractivity contribution in [3.63, 3.8) is 0 Å². The van der Waals surface area contributed by atoms with Gasteiger partial charge in [0.2, 0.25) is 0 Å². The zero-order chi connectivity index (χ0) is 21.4. The van der Waals surface area contributed by atoms with Gasteiger partial charge in [0.1, 0.15) is 11.3 Å². The SMILES string of the molecule is CCCc1cc(=O)oc2cc(OCC(=O)N3CCc4[nH]c5ccccc5c4C3)ccc12. The lowest BCUT2D eigenvalue weighted by molar-refractivity contribution is -0.134. The number of amides is 1. The van der Waals surface area contributed by atoms with E-state index in [-0.39, 0.29) is 18.1 Å². The Bertz CT molecular complexity index is 1330. The molecule has 1 aliphatic rings. The number of hydrogen-bond acceptors (Lipinski definition) is 4. The van der Waals surface area contributed by atoms with Crippen molar-refractivity contribution in [3.8, 4) is 5.75 Å². The van der Waals surface area contributed by atoms with Gasteiger partial charge < -0.3 is 19.0 Å². The summed E-state index contributed by atoms with van der Waals surface area (Å²) in [4.78, 5) is 30.0. The Morgan fingerprint density at radius 2 is 2.03 bits per heavy atom. The molecule has 158 valence electrons. The third-order valence-corrected chi connectivity index (χ3v) is 5.92. The zero-order valence-corrected chi connectivity index (χ0v) is 17.4. The summed E-state index contributed by atoms with van der Waals surface area (Å²) in [7, 11) is 0. The van der Waals surface area contributed by atoms with E-state index in [1.54, 1.807) is 12.1 Å². The molecule has 1 amide bonds. The minimum absolute atomic E-state index is 0.0535. The average Bonchev–Trinajstić information content (AvgIpc) is 3.15. The van der Waals surface area contributed by atoms with Crippen LogP contribution in [0.25, 0.3) is 21.9 Å². The lowest BCUT2D eigenvalue weighted by Crippen LogP contribution is -2.38. The molecule has 0 atom stereocenters. The molecule has 5 rings (SSSR count). The van der Waals surface area contributed by atoms with Gasteiger partial charge >= 0.3 is 5.63 Å². The zero-order valence-electron chi connectivity index (χ0n) is 17.4. The van der Waals surface area contributed by atoms with E-state index < -0.39 is 0 Å². The normalized spacial score (nSPS) is 13.5. The van der Waals surface area contributed by atoms with Crippen LogP contribution in [0, 0.1) is 0 Å². The van der Waals surface area contributed by atoms with Gasteiger partial charge in [0, 0.05) is 59.2 Å². The first-order chi connectivity index (χ1) is 15.1. The third-order valence-electron chi connectivity index (χ3n) is 5.92. The number of aryl methyl sites for hydroxylation is 1. The molecule has 6 heteroatoms. The van der Waals surface area contributed by atoms with Gasteiger partial charge in [-0.3, -0.25) is 4.79 Å². The highest BCUT2D eigenvalue weighted by Crippen LogP contribution is 2.28. The summed E-state index contributed by atoms with van der Waals surface area (Å²) in [6.45, 7) is 3.26. The number of fused-ring (bicyclic) bond motifs is 4. The minimum Gasteiger partial charge on any atom is -0.484 e. The number of nitrogens with one attached hydrogen (secondary N) is 1. The van der Waals surface area contributed by atoms with Crippen molar-refractivity contribution >= 4 is 27.8 Å². The molecule has 3 heterocycles. The first-order valence-corrected chi connectivity index (χ1v) is 10.7. The second-order valence-electron chi connectivity index (χ2n) is 7.98. The van der Waals surface area contributed by atoms with Crippen molar-refractivity contribution in [1.82, 2.24) is 9.88 Å². The van der Waals surface area contributed by atoms with Crippen LogP contribution in [0.2, 0.25) is 0 Å². The predicted molar refractivity (Wildman–Crippen MR) is 119 cm³/mol. The largest absolute Gasteiger partial charge is 0.484 e. The first-order valence-electron chi connectivity index (χ1n) is 10.7. The highest BCUT2D eigenvalue weighted by atomic mass is 16.5. The van der Waals surface area contributed by atoms with Crippen LogP contribution in [0.3, 0.4) is 0 Å². The third kappa shape index (κ3) is 3.69. The molecular formula is C25H24N2O4. The number of carbonyl (C=O) groups excluding carboxylic acids is 1. The highest BCUT2D eigenvalue weighted by Gasteiger charge is 2.24. The molecule has 0 fully saturated rings. The van der Waals surface area contributed by atoms with E-state index in [0.29, 0.717) is 24.4 Å². The van der Waals surface area contributed by atoms with E-state index in [9.17, 15) is 9.59 Å². The Morgan fingerprint density at radius 3 is 2.90 bits per heavy atom. The summed E-state index contributed by atoms with van der Waals surface area (Å²) in [6.07, 6.45) is 2.56. The average molecular weight is 416 g/mol. The fraction of sp³-hybridized carbons (Fsp3) is 0.280. The topological polar surface area (TPSA) is 75.5 Å². The number of nitrogens with zero attached hydrogens (tertiary/aromatic N) is 1. The number of aromatic nitrogens is 1. The van der Waals surface area contributed by atoms with Gasteiger partial charge in [-0.05, 0) is 30.2 Å². The summed E-state index contributed by atoms with van der Waals surface area (Å²) < 4.78 is 11.1. The van der Waals surface area contributed by atoms with Gasteiger partial charge in [0.05, 0.1) is 0 Å². The molecule has 0 saturated heterocycles. The molecule has 0 bridgehead atoms. The summed E-state index contributed by atoms with van der Waals surface area (Å²) in [5.74, 6) is 0.458. The van der Waals surface area contributed by atoms with Crippen LogP contribution in [0.4, 0.5) is 0 Å². The van der Waals surface area contributed by atoms with Gasteiger partial charge in [0.25, 0.3) is 5.91 Å². The molecule has 2 aromatic carbocycles. The van der Waals surface area contributed by atoms with E-state index in [0.717, 1.165) is 35.7 Å². The van der Waals surface area contributed by atoms with Crippen LogP contribution < -0.4 is 10.4 Å². The quantitative estimate of drug-likeness (QED) is 0.495. The van der Waals surface area contributed by atoms with Gasteiger partial charge in [-0.15, -0.1) is 0 Å². The van der Waals surface area contributed by atoms with Crippen molar-refractivity contribution < 1.29 is 13.9 Å². The molecule has 2 aromatic heterocycles. The van der Waals surface area contributed by atoms with E-state index in [1.165, 1.54) is 16.6 Å². The minimum atomic E-state index is -0.368. The maximum Gasteiger partial charge on any atom is 0.336 e. The smallest absolute Gasteiger partial charge is 0.336 e. The van der Waals surface area contributed by atoms with Crippen molar-refractivity contribution in [2.75, 3.05) is 13.2 Å². The monoisotopic (exact) mass is 416 g/mol. The number of H-pyrrole nitrogens is 1. The fourth-order valence-corrected chi connectivity index (χ4v) is 4.39. The number of hydrogen-bond donors (Lipinski definition) is 1. The number of para-hydroxylation sites is 1. The molecule has 31 heavy (non-hydrogen) atoms. The molecule has 4 aromatic rings. The Morgan fingerprint density at radius 1 is 1.16 bits per heavy atom. The van der Waals surface area contributed by atoms with Gasteiger partial charge in [-0.2, -0.15) is 0 Å². The molecule has 0 spiro atoms. The Kier molecular flexibility index (Phi) is 4.98. The number of carbonyl (C=O) groups is 1. The van der Waals surface area contributed by atoms with Crippen molar-refractivity contribution in [2.24, 2.45) is 0 Å². The maximum atomic E-state index is 12.8. The van der Waals surface area contributed by atoms with E-state index >= 15 is 0 Å². The summed E-state index contributed by atoms with van der Waals surface area (Å²) in [6, 6.07) is 15.1. The van der Waals surface area contributed by atoms with Gasteiger partial charge in [0.15, 0.2) is 6.61 Å². The summed E-state index contributed by atoms with van der Waals surface area (Å²) >= 11 is 0. The Hall–Kier alpha value is -3.54. The molecule has 6 nitrogen and oxygen atoms in total. The number of rotatable bonds is 5. The molecule has 0 aliphatic carbocycles. The fourth-order valence-electron chi connectivity index (χ4n) is 4.39. The number of aromatic amines is 1. The van der Waals surface area contributed by atoms with Crippen LogP contribution in [-0.2, 0) is 24.2 Å². The van der Waals surface area contributed by atoms with E-state index in [2.05, 4.69) is 24.0 Å². The van der Waals surface area contributed by atoms with Crippen LogP contribution in [0.1, 0.15) is 30.2 Å². The summed E-state index contributed by atoms with van der Waals surface area (Å²) in [5.41, 5.74) is 4.59.